The molecule has 0 saturated heterocycles. The Kier molecular flexibility index (Phi) is 8.13. The highest BCUT2D eigenvalue weighted by Gasteiger charge is 2.15. The molecule has 0 atom stereocenters. The van der Waals surface area contributed by atoms with Gasteiger partial charge in [0.2, 0.25) is 0 Å². The molecule has 1 N–H and O–H groups in total. The molecule has 0 aliphatic rings. The Morgan fingerprint density at radius 1 is 1.22 bits per heavy atom. The summed E-state index contributed by atoms with van der Waals surface area (Å²) in [5.74, 6) is 0.602. The van der Waals surface area contributed by atoms with Crippen LogP contribution < -0.4 is 5.32 Å². The summed E-state index contributed by atoms with van der Waals surface area (Å²) < 4.78 is 4.99. The van der Waals surface area contributed by atoms with Crippen LogP contribution in [0, 0.1) is 0 Å². The highest BCUT2D eigenvalue weighted by molar-refractivity contribution is 7.11. The van der Waals surface area contributed by atoms with Gasteiger partial charge in [0.1, 0.15) is 10.0 Å². The molecule has 104 valence electrons. The van der Waals surface area contributed by atoms with Crippen molar-refractivity contribution in [1.82, 2.24) is 15.5 Å². The van der Waals surface area contributed by atoms with Crippen molar-refractivity contribution in [1.29, 1.82) is 0 Å². The van der Waals surface area contributed by atoms with Crippen molar-refractivity contribution in [2.24, 2.45) is 0 Å². The highest BCUT2D eigenvalue weighted by Crippen LogP contribution is 2.28. The van der Waals surface area contributed by atoms with Crippen LogP contribution in [0.4, 0.5) is 0 Å². The van der Waals surface area contributed by atoms with Crippen LogP contribution in [-0.2, 0) is 11.3 Å². The zero-order valence-corrected chi connectivity index (χ0v) is 12.6. The molecular formula is C13H25N3OS. The lowest BCUT2D eigenvalue weighted by atomic mass is 9.99. The van der Waals surface area contributed by atoms with Gasteiger partial charge in [0.05, 0.1) is 6.61 Å². The second kappa shape index (κ2) is 9.42. The SMILES string of the molecule is CCCC(CCC)c1nnc(CNCCOC)s1. The number of rotatable bonds is 10. The molecule has 0 bridgehead atoms. The van der Waals surface area contributed by atoms with E-state index < -0.39 is 0 Å². The van der Waals surface area contributed by atoms with E-state index in [9.17, 15) is 0 Å². The lowest BCUT2D eigenvalue weighted by Gasteiger charge is -2.10. The van der Waals surface area contributed by atoms with Gasteiger partial charge in [-0.1, -0.05) is 38.0 Å². The van der Waals surface area contributed by atoms with E-state index in [0.29, 0.717) is 5.92 Å². The zero-order chi connectivity index (χ0) is 13.2. The van der Waals surface area contributed by atoms with Crippen molar-refractivity contribution in [3.05, 3.63) is 10.0 Å². The molecule has 5 heteroatoms. The third kappa shape index (κ3) is 5.42. The van der Waals surface area contributed by atoms with Crippen molar-refractivity contribution in [2.75, 3.05) is 20.3 Å². The quantitative estimate of drug-likeness (QED) is 0.665. The largest absolute Gasteiger partial charge is 0.383 e. The van der Waals surface area contributed by atoms with E-state index in [1.165, 1.54) is 30.7 Å². The van der Waals surface area contributed by atoms with Gasteiger partial charge in [-0.2, -0.15) is 0 Å². The van der Waals surface area contributed by atoms with Crippen molar-refractivity contribution in [3.63, 3.8) is 0 Å². The fraction of sp³-hybridized carbons (Fsp3) is 0.846. The van der Waals surface area contributed by atoms with E-state index >= 15 is 0 Å². The second-order valence-corrected chi connectivity index (χ2v) is 5.57. The first kappa shape index (κ1) is 15.5. The van der Waals surface area contributed by atoms with Gasteiger partial charge in [0.25, 0.3) is 0 Å². The second-order valence-electron chi connectivity index (χ2n) is 4.48. The van der Waals surface area contributed by atoms with Crippen LogP contribution in [0.5, 0.6) is 0 Å². The zero-order valence-electron chi connectivity index (χ0n) is 11.7. The molecule has 0 amide bonds. The molecule has 0 aliphatic carbocycles. The summed E-state index contributed by atoms with van der Waals surface area (Å²) in [4.78, 5) is 0. The van der Waals surface area contributed by atoms with Gasteiger partial charge in [-0.25, -0.2) is 0 Å². The van der Waals surface area contributed by atoms with Gasteiger partial charge in [0, 0.05) is 26.1 Å². The fourth-order valence-corrected chi connectivity index (χ4v) is 2.94. The Labute approximate surface area is 114 Å². The van der Waals surface area contributed by atoms with Crippen LogP contribution in [-0.4, -0.2) is 30.5 Å². The Morgan fingerprint density at radius 2 is 1.94 bits per heavy atom. The van der Waals surface area contributed by atoms with Crippen molar-refractivity contribution >= 4 is 11.3 Å². The number of methoxy groups -OCH3 is 1. The molecule has 0 fully saturated rings. The van der Waals surface area contributed by atoms with Gasteiger partial charge in [-0.05, 0) is 12.8 Å². The minimum Gasteiger partial charge on any atom is -0.383 e. The Balaban J connectivity index is 2.44. The summed E-state index contributed by atoms with van der Waals surface area (Å²) in [6, 6.07) is 0. The molecular weight excluding hydrogens is 246 g/mol. The Hall–Kier alpha value is -0.520. The lowest BCUT2D eigenvalue weighted by Crippen LogP contribution is -2.18. The van der Waals surface area contributed by atoms with E-state index in [1.54, 1.807) is 18.4 Å². The van der Waals surface area contributed by atoms with E-state index in [2.05, 4.69) is 29.4 Å². The maximum absolute atomic E-state index is 4.99. The minimum absolute atomic E-state index is 0.602. The number of ether oxygens (including phenoxy) is 1. The standard InChI is InChI=1S/C13H25N3OS/c1-4-6-11(7-5-2)13-16-15-12(18-13)10-14-8-9-17-3/h11,14H,4-10H2,1-3H3. The third-order valence-electron chi connectivity index (χ3n) is 2.87. The first-order valence-corrected chi connectivity index (χ1v) is 7.65. The van der Waals surface area contributed by atoms with E-state index in [0.717, 1.165) is 24.7 Å². The average Bonchev–Trinajstić information content (AvgIpc) is 2.83. The van der Waals surface area contributed by atoms with Crippen LogP contribution in [0.3, 0.4) is 0 Å². The molecule has 1 heterocycles. The van der Waals surface area contributed by atoms with Gasteiger partial charge >= 0.3 is 0 Å². The monoisotopic (exact) mass is 271 g/mol. The van der Waals surface area contributed by atoms with Gasteiger partial charge in [0.15, 0.2) is 0 Å². The van der Waals surface area contributed by atoms with Crippen molar-refractivity contribution < 1.29 is 4.74 Å². The summed E-state index contributed by atoms with van der Waals surface area (Å²) in [7, 11) is 1.71. The van der Waals surface area contributed by atoms with E-state index in [4.69, 9.17) is 4.74 Å². The smallest absolute Gasteiger partial charge is 0.131 e. The first-order chi connectivity index (χ1) is 8.81. The maximum Gasteiger partial charge on any atom is 0.131 e. The van der Waals surface area contributed by atoms with Gasteiger partial charge in [-0.15, -0.1) is 10.2 Å². The molecule has 0 saturated carbocycles. The predicted octanol–water partition coefficient (Wildman–Crippen LogP) is 2.96. The first-order valence-electron chi connectivity index (χ1n) is 6.83. The lowest BCUT2D eigenvalue weighted by molar-refractivity contribution is 0.199. The molecule has 1 aromatic heterocycles. The van der Waals surface area contributed by atoms with Crippen LogP contribution in [0.1, 0.15) is 55.5 Å². The molecule has 1 aromatic rings. The van der Waals surface area contributed by atoms with Crippen LogP contribution in [0.25, 0.3) is 0 Å². The van der Waals surface area contributed by atoms with Crippen LogP contribution >= 0.6 is 11.3 Å². The van der Waals surface area contributed by atoms with Crippen molar-refractivity contribution in [3.8, 4) is 0 Å². The third-order valence-corrected chi connectivity index (χ3v) is 3.95. The Morgan fingerprint density at radius 3 is 2.56 bits per heavy atom. The molecule has 0 aliphatic heterocycles. The fourth-order valence-electron chi connectivity index (χ4n) is 1.96. The Bertz CT molecular complexity index is 311. The molecule has 0 radical (unpaired) electrons. The van der Waals surface area contributed by atoms with Crippen LogP contribution in [0.2, 0.25) is 0 Å². The number of hydrogen-bond acceptors (Lipinski definition) is 5. The molecule has 0 unspecified atom stereocenters. The van der Waals surface area contributed by atoms with Crippen molar-refractivity contribution in [2.45, 2.75) is 52.0 Å². The minimum atomic E-state index is 0.602. The topological polar surface area (TPSA) is 47.0 Å². The van der Waals surface area contributed by atoms with Crippen LogP contribution in [0.15, 0.2) is 0 Å². The number of aromatic nitrogens is 2. The molecule has 4 nitrogen and oxygen atoms in total. The number of nitrogens with zero attached hydrogens (tertiary/aromatic N) is 2. The normalized spacial score (nSPS) is 11.3. The summed E-state index contributed by atoms with van der Waals surface area (Å²) in [6.45, 7) is 6.86. The molecule has 0 aromatic carbocycles. The molecule has 1 rings (SSSR count). The summed E-state index contributed by atoms with van der Waals surface area (Å²) >= 11 is 1.75. The number of hydrogen-bond donors (Lipinski definition) is 1. The van der Waals surface area contributed by atoms with Gasteiger partial charge < -0.3 is 10.1 Å². The average molecular weight is 271 g/mol. The highest BCUT2D eigenvalue weighted by atomic mass is 32.1. The predicted molar refractivity (Wildman–Crippen MR) is 76.0 cm³/mol. The molecule has 0 spiro atoms. The van der Waals surface area contributed by atoms with E-state index in [-0.39, 0.29) is 0 Å². The summed E-state index contributed by atoms with van der Waals surface area (Å²) in [6.07, 6.45) is 4.87. The van der Waals surface area contributed by atoms with E-state index in [1.807, 2.05) is 0 Å². The maximum atomic E-state index is 4.99. The molecule has 18 heavy (non-hydrogen) atoms. The summed E-state index contributed by atoms with van der Waals surface area (Å²) in [5.41, 5.74) is 0. The number of nitrogens with one attached hydrogen (secondary N) is 1. The van der Waals surface area contributed by atoms with Gasteiger partial charge in [-0.3, -0.25) is 0 Å². The summed E-state index contributed by atoms with van der Waals surface area (Å²) in [5, 5.41) is 14.2.